The Morgan fingerprint density at radius 1 is 0.290 bits per heavy atom. The summed E-state index contributed by atoms with van der Waals surface area (Å²) in [6, 6.07) is 97.7. The van der Waals surface area contributed by atoms with E-state index in [1.54, 1.807) is 0 Å². The van der Waals surface area contributed by atoms with Crippen LogP contribution in [-0.2, 0) is 6.42 Å². The highest BCUT2D eigenvalue weighted by Crippen LogP contribution is 2.49. The third-order valence-electron chi connectivity index (χ3n) is 14.1. The van der Waals surface area contributed by atoms with E-state index in [-0.39, 0.29) is 0 Å². The van der Waals surface area contributed by atoms with Crippen molar-refractivity contribution in [2.24, 2.45) is 0 Å². The van der Waals surface area contributed by atoms with Crippen molar-refractivity contribution in [3.63, 3.8) is 0 Å². The predicted octanol–water partition coefficient (Wildman–Crippen LogP) is 18.2. The van der Waals surface area contributed by atoms with Crippen LogP contribution in [0, 0.1) is 0 Å². The van der Waals surface area contributed by atoms with Crippen molar-refractivity contribution in [2.45, 2.75) is 6.42 Å². The first-order valence-electron chi connectivity index (χ1n) is 23.9. The third-order valence-corrected chi connectivity index (χ3v) is 14.1. The van der Waals surface area contributed by atoms with Crippen LogP contribution in [0.15, 0.2) is 267 Å². The van der Waals surface area contributed by atoms with Gasteiger partial charge in [0.15, 0.2) is 0 Å². The van der Waals surface area contributed by atoms with Crippen LogP contribution in [0.1, 0.15) is 11.1 Å². The maximum atomic E-state index is 2.45. The summed E-state index contributed by atoms with van der Waals surface area (Å²) in [7, 11) is 0. The highest BCUT2D eigenvalue weighted by molar-refractivity contribution is 6.10. The van der Waals surface area contributed by atoms with Crippen molar-refractivity contribution in [1.82, 2.24) is 4.57 Å². The van der Waals surface area contributed by atoms with Crippen LogP contribution < -0.4 is 4.90 Å². The predicted molar refractivity (Wildman–Crippen MR) is 291 cm³/mol. The first-order chi connectivity index (χ1) is 34.2. The molecule has 0 N–H and O–H groups in total. The van der Waals surface area contributed by atoms with Crippen LogP contribution in [0.4, 0.5) is 17.1 Å². The second-order valence-corrected chi connectivity index (χ2v) is 18.0. The quantitative estimate of drug-likeness (QED) is 0.140. The molecule has 1 heterocycles. The molecule has 0 aliphatic heterocycles. The van der Waals surface area contributed by atoms with Crippen LogP contribution in [-0.4, -0.2) is 4.57 Å². The Balaban J connectivity index is 1.00. The number of para-hydroxylation sites is 3. The second kappa shape index (κ2) is 17.0. The molecule has 11 aromatic carbocycles. The molecule has 2 nitrogen and oxygen atoms in total. The van der Waals surface area contributed by atoms with Crippen molar-refractivity contribution in [3.8, 4) is 72.4 Å². The lowest BCUT2D eigenvalue weighted by Gasteiger charge is -2.29. The van der Waals surface area contributed by atoms with Gasteiger partial charge >= 0.3 is 0 Å². The van der Waals surface area contributed by atoms with E-state index in [1.165, 1.54) is 94.1 Å². The number of anilines is 3. The van der Waals surface area contributed by atoms with E-state index in [0.717, 1.165) is 34.7 Å². The zero-order valence-corrected chi connectivity index (χ0v) is 38.0. The Labute approximate surface area is 403 Å². The van der Waals surface area contributed by atoms with Crippen molar-refractivity contribution < 1.29 is 0 Å². The second-order valence-electron chi connectivity index (χ2n) is 18.0. The topological polar surface area (TPSA) is 8.17 Å². The molecule has 0 bridgehead atoms. The number of rotatable bonds is 9. The van der Waals surface area contributed by atoms with Gasteiger partial charge in [-0.25, -0.2) is 0 Å². The van der Waals surface area contributed by atoms with E-state index in [1.807, 2.05) is 0 Å². The number of hydrogen-bond acceptors (Lipinski definition) is 1. The van der Waals surface area contributed by atoms with E-state index >= 15 is 0 Å². The number of aromatic nitrogens is 1. The molecule has 324 valence electrons. The van der Waals surface area contributed by atoms with Crippen LogP contribution in [0.3, 0.4) is 0 Å². The Kier molecular flexibility index (Phi) is 9.95. The van der Waals surface area contributed by atoms with Gasteiger partial charge in [0.25, 0.3) is 0 Å². The molecule has 0 spiro atoms. The van der Waals surface area contributed by atoms with Gasteiger partial charge in [-0.05, 0) is 128 Å². The average Bonchev–Trinajstić information content (AvgIpc) is 3.98. The summed E-state index contributed by atoms with van der Waals surface area (Å²) in [5.74, 6) is 0. The molecule has 69 heavy (non-hydrogen) atoms. The Hall–Kier alpha value is -8.98. The molecule has 0 unspecified atom stereocenters. The monoisotopic (exact) mass is 878 g/mol. The van der Waals surface area contributed by atoms with Gasteiger partial charge in [-0.15, -0.1) is 0 Å². The van der Waals surface area contributed by atoms with Gasteiger partial charge in [0, 0.05) is 33.3 Å². The van der Waals surface area contributed by atoms with Crippen molar-refractivity contribution >= 4 is 38.9 Å². The van der Waals surface area contributed by atoms with Gasteiger partial charge in [0.1, 0.15) is 0 Å². The van der Waals surface area contributed by atoms with Crippen LogP contribution in [0.2, 0.25) is 0 Å². The molecule has 1 aliphatic carbocycles. The zero-order valence-electron chi connectivity index (χ0n) is 38.0. The zero-order chi connectivity index (χ0) is 45.7. The normalized spacial score (nSPS) is 11.7. The summed E-state index contributed by atoms with van der Waals surface area (Å²) >= 11 is 0. The van der Waals surface area contributed by atoms with Gasteiger partial charge in [0.05, 0.1) is 22.4 Å². The molecular formula is C67H46N2. The molecule has 2 heteroatoms. The highest BCUT2D eigenvalue weighted by Gasteiger charge is 2.26. The number of fused-ring (bicyclic) bond motifs is 6. The number of nitrogens with zero attached hydrogens (tertiary/aromatic N) is 2. The van der Waals surface area contributed by atoms with Crippen molar-refractivity contribution in [3.05, 3.63) is 278 Å². The fraction of sp³-hybridized carbons (Fsp3) is 0.0149. The Morgan fingerprint density at radius 3 is 1.29 bits per heavy atom. The Bertz CT molecular complexity index is 3770. The molecule has 0 amide bonds. The smallest absolute Gasteiger partial charge is 0.0541 e. The molecule has 12 aromatic rings. The van der Waals surface area contributed by atoms with Gasteiger partial charge in [-0.2, -0.15) is 0 Å². The molecule has 0 atom stereocenters. The minimum atomic E-state index is 0.882. The lowest BCUT2D eigenvalue weighted by molar-refractivity contribution is 1.18. The molecule has 13 rings (SSSR count). The molecular weight excluding hydrogens is 833 g/mol. The first kappa shape index (κ1) is 40.3. The summed E-state index contributed by atoms with van der Waals surface area (Å²) in [4.78, 5) is 2.45. The minimum Gasteiger partial charge on any atom is -0.310 e. The molecule has 0 fully saturated rings. The Morgan fingerprint density at radius 2 is 0.710 bits per heavy atom. The molecule has 1 aliphatic rings. The number of benzene rings is 11. The summed E-state index contributed by atoms with van der Waals surface area (Å²) in [6.45, 7) is 0. The molecule has 0 saturated carbocycles. The van der Waals surface area contributed by atoms with E-state index in [9.17, 15) is 0 Å². The van der Waals surface area contributed by atoms with Gasteiger partial charge in [0.2, 0.25) is 0 Å². The maximum Gasteiger partial charge on any atom is 0.0541 e. The summed E-state index contributed by atoms with van der Waals surface area (Å²) in [5.41, 5.74) is 24.1. The number of hydrogen-bond donors (Lipinski definition) is 0. The lowest BCUT2D eigenvalue weighted by Crippen LogP contribution is -2.12. The summed E-state index contributed by atoms with van der Waals surface area (Å²) in [6.07, 6.45) is 0.882. The fourth-order valence-corrected chi connectivity index (χ4v) is 10.8. The van der Waals surface area contributed by atoms with Crippen molar-refractivity contribution in [1.29, 1.82) is 0 Å². The van der Waals surface area contributed by atoms with Crippen LogP contribution in [0.25, 0.3) is 94.3 Å². The molecule has 0 saturated heterocycles. The highest BCUT2D eigenvalue weighted by atomic mass is 15.1. The third kappa shape index (κ3) is 7.13. The molecule has 0 radical (unpaired) electrons. The van der Waals surface area contributed by atoms with E-state index in [2.05, 4.69) is 276 Å². The van der Waals surface area contributed by atoms with E-state index in [4.69, 9.17) is 0 Å². The fourth-order valence-electron chi connectivity index (χ4n) is 10.8. The average molecular weight is 879 g/mol. The van der Waals surface area contributed by atoms with Gasteiger partial charge in [-0.3, -0.25) is 0 Å². The standard InChI is InChI=1S/C67H46N2/c1-3-16-46(17-4-1)48-30-32-49(33-31-48)51-36-41-55(42-37-51)68(54-39-34-50(35-40-54)47-18-5-2-6-19-47)67-43-38-53(45-63(67)59-26-15-25-58-56-21-8-7-20-52(56)44-62(58)59)57-22-9-12-27-64(57)69-65-28-13-10-23-60(65)61-24-11-14-29-66(61)69/h1-43,45H,44H2. The van der Waals surface area contributed by atoms with Gasteiger partial charge < -0.3 is 9.47 Å². The maximum absolute atomic E-state index is 2.45. The van der Waals surface area contributed by atoms with Crippen LogP contribution in [0.5, 0.6) is 0 Å². The van der Waals surface area contributed by atoms with Crippen LogP contribution >= 0.6 is 0 Å². The summed E-state index contributed by atoms with van der Waals surface area (Å²) in [5, 5.41) is 2.50. The summed E-state index contributed by atoms with van der Waals surface area (Å²) < 4.78 is 2.45. The minimum absolute atomic E-state index is 0.882. The largest absolute Gasteiger partial charge is 0.310 e. The van der Waals surface area contributed by atoms with E-state index < -0.39 is 0 Å². The van der Waals surface area contributed by atoms with E-state index in [0.29, 0.717) is 0 Å². The van der Waals surface area contributed by atoms with Crippen molar-refractivity contribution in [2.75, 3.05) is 4.90 Å². The first-order valence-corrected chi connectivity index (χ1v) is 23.9. The SMILES string of the molecule is c1ccc(-c2ccc(-c3ccc(N(c4ccc(-c5ccccc5)cc4)c4ccc(-c5ccccc5-n5c6ccccc6c6ccccc65)cc4-c4cccc5c4Cc4ccccc4-5)cc3)cc2)cc1. The lowest BCUT2D eigenvalue weighted by atomic mass is 9.91. The molecule has 1 aromatic heterocycles. The van der Waals surface area contributed by atoms with Gasteiger partial charge in [-0.1, -0.05) is 212 Å².